The molecule has 6 heteroatoms. The first-order valence-corrected chi connectivity index (χ1v) is 9.09. The highest BCUT2D eigenvalue weighted by Crippen LogP contribution is 2.22. The maximum Gasteiger partial charge on any atom is 0.225 e. The van der Waals surface area contributed by atoms with Crippen molar-refractivity contribution in [1.82, 2.24) is 9.78 Å². The molecule has 0 fully saturated rings. The maximum atomic E-state index is 12.2. The Morgan fingerprint density at radius 2 is 1.88 bits per heavy atom. The van der Waals surface area contributed by atoms with Gasteiger partial charge in [0.25, 0.3) is 0 Å². The molecule has 1 amide bonds. The van der Waals surface area contributed by atoms with E-state index in [0.717, 1.165) is 16.8 Å². The minimum atomic E-state index is -0.0528. The number of anilines is 1. The van der Waals surface area contributed by atoms with Crippen LogP contribution in [-0.4, -0.2) is 15.7 Å². The van der Waals surface area contributed by atoms with E-state index in [2.05, 4.69) is 10.4 Å². The zero-order valence-electron chi connectivity index (χ0n) is 14.4. The van der Waals surface area contributed by atoms with Crippen LogP contribution in [-0.2, 0) is 17.8 Å². The highest BCUT2D eigenvalue weighted by molar-refractivity contribution is 6.35. The Morgan fingerprint density at radius 1 is 1.12 bits per heavy atom. The minimum absolute atomic E-state index is 0.0528. The molecule has 0 spiro atoms. The Morgan fingerprint density at radius 3 is 2.62 bits per heavy atom. The number of halogens is 2. The highest BCUT2D eigenvalue weighted by Gasteiger charge is 2.10. The van der Waals surface area contributed by atoms with Crippen molar-refractivity contribution in [3.8, 4) is 0 Å². The molecule has 0 saturated carbocycles. The van der Waals surface area contributed by atoms with Gasteiger partial charge in [0.05, 0.1) is 6.54 Å². The number of carbonyl (C=O) groups is 1. The second-order valence-electron chi connectivity index (χ2n) is 6.10. The Bertz CT molecular complexity index is 907. The lowest BCUT2D eigenvalue weighted by Crippen LogP contribution is -2.13. The Hall–Kier alpha value is -2.30. The van der Waals surface area contributed by atoms with Gasteiger partial charge in [-0.3, -0.25) is 9.48 Å². The van der Waals surface area contributed by atoms with Gasteiger partial charge in [0.15, 0.2) is 5.82 Å². The molecule has 0 aliphatic rings. The summed E-state index contributed by atoms with van der Waals surface area (Å²) >= 11 is 12.2. The van der Waals surface area contributed by atoms with E-state index >= 15 is 0 Å². The zero-order chi connectivity index (χ0) is 18.5. The molecular formula is C20H19Cl2N3O. The fourth-order valence-electron chi connectivity index (χ4n) is 2.65. The van der Waals surface area contributed by atoms with Gasteiger partial charge in [-0.25, -0.2) is 0 Å². The monoisotopic (exact) mass is 387 g/mol. The summed E-state index contributed by atoms with van der Waals surface area (Å²) in [5, 5.41) is 8.51. The standard InChI is InChI=1S/C20H19Cl2N3O/c1-14-11-19(23-20(26)10-7-15-5-3-2-4-6-15)24-25(14)13-16-8-9-17(21)12-18(16)22/h2-6,8-9,11-12H,7,10,13H2,1H3,(H,23,24,26). The number of benzene rings is 2. The van der Waals surface area contributed by atoms with E-state index in [4.69, 9.17) is 23.2 Å². The van der Waals surface area contributed by atoms with Gasteiger partial charge in [-0.2, -0.15) is 5.10 Å². The lowest BCUT2D eigenvalue weighted by atomic mass is 10.1. The van der Waals surface area contributed by atoms with Gasteiger partial charge in [0.2, 0.25) is 5.91 Å². The number of nitrogens with one attached hydrogen (secondary N) is 1. The average Bonchev–Trinajstić information content (AvgIpc) is 2.95. The van der Waals surface area contributed by atoms with Crippen LogP contribution in [0, 0.1) is 6.92 Å². The van der Waals surface area contributed by atoms with Gasteiger partial charge in [0, 0.05) is 28.2 Å². The van der Waals surface area contributed by atoms with E-state index in [1.807, 2.05) is 54.1 Å². The summed E-state index contributed by atoms with van der Waals surface area (Å²) in [6.07, 6.45) is 1.12. The van der Waals surface area contributed by atoms with Crippen molar-refractivity contribution in [3.63, 3.8) is 0 Å². The zero-order valence-corrected chi connectivity index (χ0v) is 15.9. The summed E-state index contributed by atoms with van der Waals surface area (Å²) < 4.78 is 1.81. The first-order valence-electron chi connectivity index (χ1n) is 8.33. The number of amides is 1. The molecule has 0 unspecified atom stereocenters. The number of nitrogens with zero attached hydrogens (tertiary/aromatic N) is 2. The van der Waals surface area contributed by atoms with Crippen LogP contribution in [0.25, 0.3) is 0 Å². The summed E-state index contributed by atoms with van der Waals surface area (Å²) in [6.45, 7) is 2.46. The molecule has 0 saturated heterocycles. The molecule has 0 bridgehead atoms. The van der Waals surface area contributed by atoms with E-state index in [0.29, 0.717) is 35.2 Å². The van der Waals surface area contributed by atoms with Crippen LogP contribution in [0.1, 0.15) is 23.2 Å². The van der Waals surface area contributed by atoms with Gasteiger partial charge >= 0.3 is 0 Å². The van der Waals surface area contributed by atoms with Crippen molar-refractivity contribution in [2.45, 2.75) is 26.3 Å². The summed E-state index contributed by atoms with van der Waals surface area (Å²) in [5.74, 6) is 0.494. The maximum absolute atomic E-state index is 12.2. The van der Waals surface area contributed by atoms with Crippen molar-refractivity contribution in [2.75, 3.05) is 5.32 Å². The topological polar surface area (TPSA) is 46.9 Å². The summed E-state index contributed by atoms with van der Waals surface area (Å²) in [5.41, 5.74) is 3.00. The van der Waals surface area contributed by atoms with Crippen molar-refractivity contribution in [1.29, 1.82) is 0 Å². The van der Waals surface area contributed by atoms with Gasteiger partial charge < -0.3 is 5.32 Å². The first-order chi connectivity index (χ1) is 12.5. The van der Waals surface area contributed by atoms with Crippen molar-refractivity contribution in [3.05, 3.63) is 81.5 Å². The fourth-order valence-corrected chi connectivity index (χ4v) is 3.12. The Balaban J connectivity index is 1.61. The number of rotatable bonds is 6. The van der Waals surface area contributed by atoms with Gasteiger partial charge in [-0.1, -0.05) is 59.6 Å². The van der Waals surface area contributed by atoms with E-state index in [1.54, 1.807) is 12.1 Å². The molecule has 0 aliphatic heterocycles. The molecule has 3 aromatic rings. The van der Waals surface area contributed by atoms with E-state index in [1.165, 1.54) is 0 Å². The molecule has 2 aromatic carbocycles. The van der Waals surface area contributed by atoms with Crippen molar-refractivity contribution < 1.29 is 4.79 Å². The molecule has 134 valence electrons. The summed E-state index contributed by atoms with van der Waals surface area (Å²) in [7, 11) is 0. The molecule has 0 radical (unpaired) electrons. The minimum Gasteiger partial charge on any atom is -0.309 e. The second kappa shape index (κ2) is 8.39. The normalized spacial score (nSPS) is 10.7. The fraction of sp³-hybridized carbons (Fsp3) is 0.200. The molecule has 0 aliphatic carbocycles. The number of carbonyl (C=O) groups excluding carboxylic acids is 1. The third-order valence-electron chi connectivity index (χ3n) is 4.07. The van der Waals surface area contributed by atoms with Crippen LogP contribution in [0.5, 0.6) is 0 Å². The SMILES string of the molecule is Cc1cc(NC(=O)CCc2ccccc2)nn1Cc1ccc(Cl)cc1Cl. The highest BCUT2D eigenvalue weighted by atomic mass is 35.5. The second-order valence-corrected chi connectivity index (χ2v) is 6.94. The molecule has 26 heavy (non-hydrogen) atoms. The molecule has 1 aromatic heterocycles. The summed E-state index contributed by atoms with van der Waals surface area (Å²) in [4.78, 5) is 12.2. The van der Waals surface area contributed by atoms with Gasteiger partial charge in [0.1, 0.15) is 0 Å². The van der Waals surface area contributed by atoms with Crippen LogP contribution in [0.15, 0.2) is 54.6 Å². The first kappa shape index (κ1) is 18.5. The molecule has 3 rings (SSSR count). The van der Waals surface area contributed by atoms with Gasteiger partial charge in [-0.15, -0.1) is 0 Å². The predicted octanol–water partition coefficient (Wildman–Crippen LogP) is 5.12. The largest absolute Gasteiger partial charge is 0.309 e. The Labute approximate surface area is 162 Å². The third-order valence-corrected chi connectivity index (χ3v) is 4.65. The molecular weight excluding hydrogens is 369 g/mol. The van der Waals surface area contributed by atoms with E-state index < -0.39 is 0 Å². The molecule has 0 atom stereocenters. The number of aromatic nitrogens is 2. The molecule has 4 nitrogen and oxygen atoms in total. The van der Waals surface area contributed by atoms with Crippen molar-refractivity contribution >= 4 is 34.9 Å². The lowest BCUT2D eigenvalue weighted by molar-refractivity contribution is -0.116. The van der Waals surface area contributed by atoms with Crippen LogP contribution in [0.3, 0.4) is 0 Å². The average molecular weight is 388 g/mol. The quantitative estimate of drug-likeness (QED) is 0.637. The number of hydrogen-bond donors (Lipinski definition) is 1. The van der Waals surface area contributed by atoms with E-state index in [9.17, 15) is 4.79 Å². The van der Waals surface area contributed by atoms with Crippen molar-refractivity contribution in [2.24, 2.45) is 0 Å². The molecule has 1 N–H and O–H groups in total. The van der Waals surface area contributed by atoms with Crippen LogP contribution in [0.2, 0.25) is 10.0 Å². The lowest BCUT2D eigenvalue weighted by Gasteiger charge is -2.07. The number of hydrogen-bond acceptors (Lipinski definition) is 2. The van der Waals surface area contributed by atoms with Crippen LogP contribution >= 0.6 is 23.2 Å². The van der Waals surface area contributed by atoms with Crippen LogP contribution < -0.4 is 5.32 Å². The molecule has 1 heterocycles. The third kappa shape index (κ3) is 4.87. The Kier molecular flexibility index (Phi) is 5.96. The van der Waals surface area contributed by atoms with Crippen LogP contribution in [0.4, 0.5) is 5.82 Å². The summed E-state index contributed by atoms with van der Waals surface area (Å²) in [6, 6.07) is 17.2. The smallest absolute Gasteiger partial charge is 0.225 e. The number of aryl methyl sites for hydroxylation is 2. The van der Waals surface area contributed by atoms with E-state index in [-0.39, 0.29) is 5.91 Å². The predicted molar refractivity (Wildman–Crippen MR) is 106 cm³/mol. The van der Waals surface area contributed by atoms with Gasteiger partial charge in [-0.05, 0) is 36.6 Å².